The minimum atomic E-state index is 0.355. The molecule has 13 heavy (non-hydrogen) atoms. The van der Waals surface area contributed by atoms with E-state index in [2.05, 4.69) is 6.07 Å². The summed E-state index contributed by atoms with van der Waals surface area (Å²) in [5.41, 5.74) is 1.74. The molecule has 2 aliphatic rings. The Hall–Kier alpha value is -0.810. The quantitative estimate of drug-likeness (QED) is 0.532. The van der Waals surface area contributed by atoms with E-state index in [1.54, 1.807) is 6.08 Å². The third kappa shape index (κ3) is 1.49. The van der Waals surface area contributed by atoms with Crippen molar-refractivity contribution in [3.8, 4) is 6.07 Å². The molecule has 1 spiro atoms. The summed E-state index contributed by atoms with van der Waals surface area (Å²) >= 11 is 0. The zero-order chi connectivity index (χ0) is 9.15. The Bertz CT molecular complexity index is 256. The fraction of sp³-hybridized carbons (Fsp3) is 0.727. The van der Waals surface area contributed by atoms with E-state index in [1.165, 1.54) is 18.4 Å². The van der Waals surface area contributed by atoms with Crippen LogP contribution in [0.15, 0.2) is 11.6 Å². The number of allylic oxidation sites excluding steroid dienone is 2. The molecule has 2 heteroatoms. The second-order valence-electron chi connectivity index (χ2n) is 4.04. The van der Waals surface area contributed by atoms with Crippen LogP contribution in [0.3, 0.4) is 0 Å². The smallest absolute Gasteiger partial charge is 0.0911 e. The Morgan fingerprint density at radius 1 is 1.31 bits per heavy atom. The molecule has 1 saturated carbocycles. The Kier molecular flexibility index (Phi) is 2.37. The van der Waals surface area contributed by atoms with Crippen LogP contribution >= 0.6 is 0 Å². The van der Waals surface area contributed by atoms with Gasteiger partial charge in [0.2, 0.25) is 0 Å². The highest BCUT2D eigenvalue weighted by Gasteiger charge is 2.39. The van der Waals surface area contributed by atoms with Gasteiger partial charge in [-0.1, -0.05) is 5.57 Å². The zero-order valence-corrected chi connectivity index (χ0v) is 7.88. The van der Waals surface area contributed by atoms with Crippen molar-refractivity contribution in [2.75, 3.05) is 13.2 Å². The maximum absolute atomic E-state index is 8.68. The molecule has 0 radical (unpaired) electrons. The lowest BCUT2D eigenvalue weighted by molar-refractivity contribution is 0.0349. The number of hydrogen-bond donors (Lipinski definition) is 0. The van der Waals surface area contributed by atoms with Crippen molar-refractivity contribution in [1.82, 2.24) is 0 Å². The summed E-state index contributed by atoms with van der Waals surface area (Å²) in [5.74, 6) is 0. The molecular formula is C11H15NO. The molecule has 1 heterocycles. The SMILES string of the molecule is N#C/C=C1/CCCC12CCOCC2. The summed E-state index contributed by atoms with van der Waals surface area (Å²) in [4.78, 5) is 0. The predicted octanol–water partition coefficient (Wildman–Crippen LogP) is 2.42. The van der Waals surface area contributed by atoms with Crippen LogP contribution in [-0.4, -0.2) is 13.2 Å². The van der Waals surface area contributed by atoms with Gasteiger partial charge in [0.1, 0.15) is 0 Å². The predicted molar refractivity (Wildman–Crippen MR) is 50.0 cm³/mol. The van der Waals surface area contributed by atoms with Gasteiger partial charge in [0, 0.05) is 19.3 Å². The highest BCUT2D eigenvalue weighted by Crippen LogP contribution is 2.49. The molecule has 0 amide bonds. The fourth-order valence-corrected chi connectivity index (χ4v) is 2.68. The van der Waals surface area contributed by atoms with E-state index in [4.69, 9.17) is 10.00 Å². The van der Waals surface area contributed by atoms with Gasteiger partial charge in [-0.25, -0.2) is 0 Å². The van der Waals surface area contributed by atoms with Crippen LogP contribution in [0.5, 0.6) is 0 Å². The van der Waals surface area contributed by atoms with E-state index < -0.39 is 0 Å². The Balaban J connectivity index is 2.20. The first-order valence-electron chi connectivity index (χ1n) is 5.04. The van der Waals surface area contributed by atoms with Crippen LogP contribution in [0.25, 0.3) is 0 Å². The molecule has 70 valence electrons. The Morgan fingerprint density at radius 3 is 2.77 bits per heavy atom. The minimum absolute atomic E-state index is 0.355. The normalized spacial score (nSPS) is 29.3. The van der Waals surface area contributed by atoms with E-state index in [1.807, 2.05) is 0 Å². The summed E-state index contributed by atoms with van der Waals surface area (Å²) in [5, 5.41) is 8.68. The molecule has 2 rings (SSSR count). The van der Waals surface area contributed by atoms with Crippen molar-refractivity contribution in [3.63, 3.8) is 0 Å². The maximum atomic E-state index is 8.68. The molecule has 0 atom stereocenters. The summed E-state index contributed by atoms with van der Waals surface area (Å²) in [6.07, 6.45) is 7.68. The number of hydrogen-bond acceptors (Lipinski definition) is 2. The molecule has 2 fully saturated rings. The van der Waals surface area contributed by atoms with Gasteiger partial charge in [0.25, 0.3) is 0 Å². The van der Waals surface area contributed by atoms with Crippen LogP contribution in [0, 0.1) is 16.7 Å². The number of nitrogens with zero attached hydrogens (tertiary/aromatic N) is 1. The first-order valence-corrected chi connectivity index (χ1v) is 5.04. The lowest BCUT2D eigenvalue weighted by Gasteiger charge is -2.34. The van der Waals surface area contributed by atoms with Gasteiger partial charge < -0.3 is 4.74 Å². The van der Waals surface area contributed by atoms with E-state index in [-0.39, 0.29) is 0 Å². The summed E-state index contributed by atoms with van der Waals surface area (Å²) < 4.78 is 5.37. The number of ether oxygens (including phenoxy) is 1. The van der Waals surface area contributed by atoms with Crippen molar-refractivity contribution >= 4 is 0 Å². The van der Waals surface area contributed by atoms with Crippen molar-refractivity contribution < 1.29 is 4.74 Å². The van der Waals surface area contributed by atoms with Gasteiger partial charge in [-0.3, -0.25) is 0 Å². The van der Waals surface area contributed by atoms with Crippen molar-refractivity contribution in [2.45, 2.75) is 32.1 Å². The standard InChI is InChI=1S/C11H15NO/c12-7-3-10-2-1-4-11(10)5-8-13-9-6-11/h3H,1-2,4-6,8-9H2/b10-3-. The molecule has 0 aromatic carbocycles. The Labute approximate surface area is 79.2 Å². The molecule has 0 N–H and O–H groups in total. The molecular weight excluding hydrogens is 162 g/mol. The van der Waals surface area contributed by atoms with Crippen molar-refractivity contribution in [1.29, 1.82) is 5.26 Å². The molecule has 0 unspecified atom stereocenters. The molecule has 0 bridgehead atoms. The molecule has 0 aromatic rings. The van der Waals surface area contributed by atoms with Gasteiger partial charge in [-0.05, 0) is 37.5 Å². The molecule has 1 saturated heterocycles. The largest absolute Gasteiger partial charge is 0.381 e. The lowest BCUT2D eigenvalue weighted by atomic mass is 9.75. The van der Waals surface area contributed by atoms with Crippen molar-refractivity contribution in [2.24, 2.45) is 5.41 Å². The number of nitriles is 1. The van der Waals surface area contributed by atoms with Crippen LogP contribution in [0.2, 0.25) is 0 Å². The van der Waals surface area contributed by atoms with Crippen LogP contribution in [0.4, 0.5) is 0 Å². The minimum Gasteiger partial charge on any atom is -0.381 e. The molecule has 1 aliphatic heterocycles. The van der Waals surface area contributed by atoms with Crippen LogP contribution in [-0.2, 0) is 4.74 Å². The molecule has 1 aliphatic carbocycles. The highest BCUT2D eigenvalue weighted by atomic mass is 16.5. The van der Waals surface area contributed by atoms with Gasteiger partial charge in [-0.15, -0.1) is 0 Å². The average Bonchev–Trinajstić information content (AvgIpc) is 2.52. The topological polar surface area (TPSA) is 33.0 Å². The zero-order valence-electron chi connectivity index (χ0n) is 7.88. The third-order valence-corrected chi connectivity index (χ3v) is 3.47. The lowest BCUT2D eigenvalue weighted by Crippen LogP contribution is -2.28. The third-order valence-electron chi connectivity index (χ3n) is 3.47. The summed E-state index contributed by atoms with van der Waals surface area (Å²) in [7, 11) is 0. The summed E-state index contributed by atoms with van der Waals surface area (Å²) in [6.45, 7) is 1.76. The second kappa shape index (κ2) is 3.51. The maximum Gasteiger partial charge on any atom is 0.0911 e. The van der Waals surface area contributed by atoms with Gasteiger partial charge in [-0.2, -0.15) is 5.26 Å². The first-order chi connectivity index (χ1) is 6.37. The van der Waals surface area contributed by atoms with E-state index in [0.717, 1.165) is 32.5 Å². The van der Waals surface area contributed by atoms with Crippen LogP contribution in [0.1, 0.15) is 32.1 Å². The first kappa shape index (κ1) is 8.77. The molecule has 2 nitrogen and oxygen atoms in total. The van der Waals surface area contributed by atoms with Crippen molar-refractivity contribution in [3.05, 3.63) is 11.6 Å². The van der Waals surface area contributed by atoms with E-state index in [9.17, 15) is 0 Å². The second-order valence-corrected chi connectivity index (χ2v) is 4.04. The van der Waals surface area contributed by atoms with Gasteiger partial charge in [0.05, 0.1) is 6.07 Å². The molecule has 0 aromatic heterocycles. The van der Waals surface area contributed by atoms with E-state index >= 15 is 0 Å². The van der Waals surface area contributed by atoms with Gasteiger partial charge in [0.15, 0.2) is 0 Å². The van der Waals surface area contributed by atoms with E-state index in [0.29, 0.717) is 5.41 Å². The van der Waals surface area contributed by atoms with Crippen LogP contribution < -0.4 is 0 Å². The fourth-order valence-electron chi connectivity index (χ4n) is 2.68. The summed E-state index contributed by atoms with van der Waals surface area (Å²) in [6, 6.07) is 2.18. The Morgan fingerprint density at radius 2 is 2.08 bits per heavy atom. The average molecular weight is 177 g/mol. The van der Waals surface area contributed by atoms with Gasteiger partial charge >= 0.3 is 0 Å². The number of rotatable bonds is 0. The highest BCUT2D eigenvalue weighted by molar-refractivity contribution is 5.25. The monoisotopic (exact) mass is 177 g/mol.